The van der Waals surface area contributed by atoms with Gasteiger partial charge in [-0.2, -0.15) is 0 Å². The van der Waals surface area contributed by atoms with Crippen LogP contribution in [0.25, 0.3) is 0 Å². The summed E-state index contributed by atoms with van der Waals surface area (Å²) in [5.41, 5.74) is -0.0512. The maximum atomic E-state index is 11.5. The lowest BCUT2D eigenvalue weighted by molar-refractivity contribution is -0.120. The Morgan fingerprint density at radius 2 is 2.00 bits per heavy atom. The number of nitrogens with two attached hydrogens (primary N) is 1. The number of hydrogen-bond acceptors (Lipinski definition) is 5. The van der Waals surface area contributed by atoms with E-state index in [0.29, 0.717) is 0 Å². The molecule has 1 aromatic carbocycles. The number of benzene rings is 1. The quantitative estimate of drug-likeness (QED) is 0.824. The fraction of sp³-hybridized carbons (Fsp3) is 0.200. The fourth-order valence-electron chi connectivity index (χ4n) is 1.10. The molecule has 0 radical (unpaired) electrons. The van der Waals surface area contributed by atoms with E-state index >= 15 is 0 Å². The van der Waals surface area contributed by atoms with Gasteiger partial charge in [-0.1, -0.05) is 11.6 Å². The minimum Gasteiger partial charge on any atom is -0.454 e. The van der Waals surface area contributed by atoms with Crippen molar-refractivity contribution in [1.82, 2.24) is 0 Å². The van der Waals surface area contributed by atoms with Crippen molar-refractivity contribution in [2.75, 3.05) is 6.61 Å². The van der Waals surface area contributed by atoms with Crippen molar-refractivity contribution >= 4 is 33.4 Å². The molecule has 0 fully saturated rings. The summed E-state index contributed by atoms with van der Waals surface area (Å²) in [6, 6.07) is 3.49. The number of ether oxygens (including phenoxy) is 1. The van der Waals surface area contributed by atoms with Gasteiger partial charge in [0.25, 0.3) is 0 Å². The Morgan fingerprint density at radius 1 is 1.39 bits per heavy atom. The highest BCUT2D eigenvalue weighted by atomic mass is 35.5. The van der Waals surface area contributed by atoms with Gasteiger partial charge in [0.15, 0.2) is 5.78 Å². The van der Waals surface area contributed by atoms with E-state index in [1.54, 1.807) is 0 Å². The van der Waals surface area contributed by atoms with Gasteiger partial charge in [-0.15, -0.1) is 0 Å². The molecular weight excluding hydrogens is 282 g/mol. The number of esters is 1. The highest BCUT2D eigenvalue weighted by Gasteiger charge is 2.17. The third-order valence-electron chi connectivity index (χ3n) is 1.88. The molecule has 0 heterocycles. The molecule has 98 valence electrons. The van der Waals surface area contributed by atoms with Crippen LogP contribution in [0.2, 0.25) is 5.02 Å². The average molecular weight is 292 g/mol. The highest BCUT2D eigenvalue weighted by Crippen LogP contribution is 2.21. The van der Waals surface area contributed by atoms with E-state index in [0.717, 1.165) is 6.07 Å². The van der Waals surface area contributed by atoms with Gasteiger partial charge in [0.2, 0.25) is 10.0 Å². The third-order valence-corrected chi connectivity index (χ3v) is 3.27. The van der Waals surface area contributed by atoms with Crippen molar-refractivity contribution in [3.63, 3.8) is 0 Å². The molecule has 1 rings (SSSR count). The molecule has 0 atom stereocenters. The van der Waals surface area contributed by atoms with Crippen molar-refractivity contribution in [1.29, 1.82) is 0 Å². The van der Waals surface area contributed by atoms with Crippen molar-refractivity contribution in [2.24, 2.45) is 5.14 Å². The van der Waals surface area contributed by atoms with E-state index < -0.39 is 16.0 Å². The molecule has 0 aliphatic heterocycles. The first-order valence-electron chi connectivity index (χ1n) is 4.70. The van der Waals surface area contributed by atoms with Crippen molar-refractivity contribution in [2.45, 2.75) is 11.8 Å². The molecular formula is C10H10ClNO5S. The zero-order valence-electron chi connectivity index (χ0n) is 9.34. The van der Waals surface area contributed by atoms with E-state index in [1.165, 1.54) is 19.1 Å². The highest BCUT2D eigenvalue weighted by molar-refractivity contribution is 7.89. The van der Waals surface area contributed by atoms with E-state index in [4.69, 9.17) is 16.7 Å². The normalized spacial score (nSPS) is 11.1. The van der Waals surface area contributed by atoms with Gasteiger partial charge in [-0.25, -0.2) is 18.4 Å². The minimum absolute atomic E-state index is 0.0512. The molecule has 8 heteroatoms. The summed E-state index contributed by atoms with van der Waals surface area (Å²) >= 11 is 5.65. The first kappa shape index (κ1) is 14.6. The van der Waals surface area contributed by atoms with Crippen LogP contribution in [-0.4, -0.2) is 26.8 Å². The first-order valence-corrected chi connectivity index (χ1v) is 6.63. The lowest BCUT2D eigenvalue weighted by Gasteiger charge is -2.05. The van der Waals surface area contributed by atoms with Crippen LogP contribution in [0.5, 0.6) is 0 Å². The lowest BCUT2D eigenvalue weighted by atomic mass is 10.2. The monoisotopic (exact) mass is 291 g/mol. The predicted molar refractivity (Wildman–Crippen MR) is 63.8 cm³/mol. The standard InChI is InChI=1S/C10H10ClNO5S/c1-6(13)5-17-10(14)7-2-3-8(11)9(4-7)18(12,15)16/h2-4H,5H2,1H3,(H2,12,15,16). The molecule has 18 heavy (non-hydrogen) atoms. The fourth-order valence-corrected chi connectivity index (χ4v) is 2.17. The Bertz CT molecular complexity index is 596. The third kappa shape index (κ3) is 3.80. The summed E-state index contributed by atoms with van der Waals surface area (Å²) in [5.74, 6) is -1.16. The van der Waals surface area contributed by atoms with Gasteiger partial charge in [0, 0.05) is 0 Å². The topological polar surface area (TPSA) is 104 Å². The van der Waals surface area contributed by atoms with Crippen LogP contribution in [-0.2, 0) is 19.6 Å². The summed E-state index contributed by atoms with van der Waals surface area (Å²) in [4.78, 5) is 21.8. The Kier molecular flexibility index (Phi) is 4.44. The molecule has 0 aromatic heterocycles. The molecule has 6 nitrogen and oxygen atoms in total. The Labute approximate surface area is 109 Å². The van der Waals surface area contributed by atoms with Gasteiger partial charge >= 0.3 is 5.97 Å². The summed E-state index contributed by atoms with van der Waals surface area (Å²) in [5, 5.41) is 4.83. The van der Waals surface area contributed by atoms with Crippen LogP contribution in [0.3, 0.4) is 0 Å². The number of rotatable bonds is 4. The number of halogens is 1. The van der Waals surface area contributed by atoms with E-state index in [-0.39, 0.29) is 27.9 Å². The second-order valence-corrected chi connectivity index (χ2v) is 5.41. The summed E-state index contributed by atoms with van der Waals surface area (Å²) in [6.07, 6.45) is 0. The van der Waals surface area contributed by atoms with E-state index in [2.05, 4.69) is 4.74 Å². The van der Waals surface area contributed by atoms with E-state index in [9.17, 15) is 18.0 Å². The Balaban J connectivity index is 3.06. The van der Waals surface area contributed by atoms with E-state index in [1.807, 2.05) is 0 Å². The number of ketones is 1. The molecule has 2 N–H and O–H groups in total. The van der Waals surface area contributed by atoms with Gasteiger partial charge in [0.1, 0.15) is 11.5 Å². The van der Waals surface area contributed by atoms with Crippen LogP contribution in [0.1, 0.15) is 17.3 Å². The summed E-state index contributed by atoms with van der Waals surface area (Å²) < 4.78 is 27.0. The summed E-state index contributed by atoms with van der Waals surface area (Å²) in [7, 11) is -4.03. The van der Waals surface area contributed by atoms with Crippen LogP contribution in [0.4, 0.5) is 0 Å². The molecule has 0 aliphatic carbocycles. The second-order valence-electron chi connectivity index (χ2n) is 3.47. The second kappa shape index (κ2) is 5.47. The molecule has 0 saturated carbocycles. The molecule has 0 bridgehead atoms. The van der Waals surface area contributed by atoms with Gasteiger partial charge in [-0.3, -0.25) is 4.79 Å². The van der Waals surface area contributed by atoms with Crippen LogP contribution >= 0.6 is 11.6 Å². The van der Waals surface area contributed by atoms with Crippen molar-refractivity contribution in [3.05, 3.63) is 28.8 Å². The maximum absolute atomic E-state index is 11.5. The Hall–Kier alpha value is -1.44. The first-order chi connectivity index (χ1) is 8.21. The zero-order valence-corrected chi connectivity index (χ0v) is 10.9. The number of Topliss-reactive ketones (excluding diaryl/α,β-unsaturated/α-hetero) is 1. The van der Waals surface area contributed by atoms with Crippen LogP contribution in [0.15, 0.2) is 23.1 Å². The van der Waals surface area contributed by atoms with Crippen molar-refractivity contribution in [3.8, 4) is 0 Å². The van der Waals surface area contributed by atoms with Crippen molar-refractivity contribution < 1.29 is 22.7 Å². The molecule has 0 saturated heterocycles. The molecule has 0 unspecified atom stereocenters. The molecule has 1 aromatic rings. The number of sulfonamides is 1. The Morgan fingerprint density at radius 3 is 2.50 bits per heavy atom. The van der Waals surface area contributed by atoms with Crippen LogP contribution in [0, 0.1) is 0 Å². The number of primary sulfonamides is 1. The van der Waals surface area contributed by atoms with Gasteiger partial charge in [0.05, 0.1) is 10.6 Å². The molecule has 0 spiro atoms. The number of hydrogen-bond donors (Lipinski definition) is 1. The van der Waals surface area contributed by atoms with Gasteiger partial charge < -0.3 is 4.74 Å². The average Bonchev–Trinajstić information content (AvgIpc) is 2.24. The summed E-state index contributed by atoms with van der Waals surface area (Å²) in [6.45, 7) is 0.872. The smallest absolute Gasteiger partial charge is 0.338 e. The molecule has 0 aliphatic rings. The molecule has 0 amide bonds. The minimum atomic E-state index is -4.03. The van der Waals surface area contributed by atoms with Crippen LogP contribution < -0.4 is 5.14 Å². The lowest BCUT2D eigenvalue weighted by Crippen LogP contribution is -2.15. The largest absolute Gasteiger partial charge is 0.454 e. The maximum Gasteiger partial charge on any atom is 0.338 e. The van der Waals surface area contributed by atoms with Gasteiger partial charge in [-0.05, 0) is 25.1 Å². The zero-order chi connectivity index (χ0) is 13.9. The predicted octanol–water partition coefficient (Wildman–Crippen LogP) is 0.733. The SMILES string of the molecule is CC(=O)COC(=O)c1ccc(Cl)c(S(N)(=O)=O)c1. The number of carbonyl (C=O) groups is 2. The number of carbonyl (C=O) groups excluding carboxylic acids is 2.